The van der Waals surface area contributed by atoms with Gasteiger partial charge in [0, 0.05) is 12.8 Å². The molecule has 6 aliphatic rings. The Morgan fingerprint density at radius 3 is 2.75 bits per heavy atom. The molecule has 0 radical (unpaired) electrons. The quantitative estimate of drug-likeness (QED) is 0.525. The number of allylic oxidation sites excluding steroid dienone is 2. The lowest BCUT2D eigenvalue weighted by Crippen LogP contribution is -2.83. The molecule has 2 aliphatic heterocycles. The van der Waals surface area contributed by atoms with Crippen LogP contribution in [0.2, 0.25) is 0 Å². The van der Waals surface area contributed by atoms with Crippen molar-refractivity contribution in [3.63, 3.8) is 0 Å². The van der Waals surface area contributed by atoms with E-state index < -0.39 is 46.1 Å². The highest BCUT2D eigenvalue weighted by Crippen LogP contribution is 2.76. The normalized spacial score (nSPS) is 53.0. The van der Waals surface area contributed by atoms with E-state index in [-0.39, 0.29) is 24.2 Å². The van der Waals surface area contributed by atoms with Crippen molar-refractivity contribution in [1.82, 2.24) is 0 Å². The van der Waals surface area contributed by atoms with Crippen molar-refractivity contribution in [2.75, 3.05) is 6.61 Å². The van der Waals surface area contributed by atoms with Gasteiger partial charge in [0.25, 0.3) is 0 Å². The van der Waals surface area contributed by atoms with Crippen LogP contribution in [0.3, 0.4) is 0 Å². The molecule has 0 amide bonds. The maximum Gasteiger partial charge on any atom is 0.303 e. The van der Waals surface area contributed by atoms with Crippen molar-refractivity contribution in [1.29, 1.82) is 0 Å². The molecule has 6 heteroatoms. The summed E-state index contributed by atoms with van der Waals surface area (Å²) in [5.74, 6) is -3.03. The summed E-state index contributed by atoms with van der Waals surface area (Å²) in [6.07, 6.45) is 3.49. The molecule has 4 bridgehead atoms. The number of aliphatic hydroxyl groups excluding tert-OH is 1. The minimum absolute atomic E-state index is 0.0560. The van der Waals surface area contributed by atoms with Crippen LogP contribution in [0.5, 0.6) is 0 Å². The van der Waals surface area contributed by atoms with Gasteiger partial charge in [-0.05, 0) is 48.2 Å². The number of esters is 1. The second-order valence-corrected chi connectivity index (χ2v) is 10.1. The molecule has 5 fully saturated rings. The first-order valence-electron chi connectivity index (χ1n) is 10.2. The zero-order valence-corrected chi connectivity index (χ0v) is 16.6. The van der Waals surface area contributed by atoms with Crippen molar-refractivity contribution in [2.24, 2.45) is 34.0 Å². The minimum Gasteiger partial charge on any atom is -0.457 e. The molecule has 0 aromatic heterocycles. The third-order valence-electron chi connectivity index (χ3n) is 8.64. The largest absolute Gasteiger partial charge is 0.457 e. The fourth-order valence-electron chi connectivity index (χ4n) is 7.73. The first kappa shape index (κ1) is 18.5. The van der Waals surface area contributed by atoms with E-state index in [0.29, 0.717) is 12.8 Å². The van der Waals surface area contributed by atoms with E-state index in [2.05, 4.69) is 6.58 Å². The highest BCUT2D eigenvalue weighted by atomic mass is 16.6. The average Bonchev–Trinajstić information content (AvgIpc) is 2.82. The second kappa shape index (κ2) is 5.15. The van der Waals surface area contributed by atoms with Crippen molar-refractivity contribution >= 4 is 11.8 Å². The predicted octanol–water partition coefficient (Wildman–Crippen LogP) is 1.75. The van der Waals surface area contributed by atoms with E-state index in [4.69, 9.17) is 9.47 Å². The number of fused-ring (bicyclic) bond motifs is 2. The van der Waals surface area contributed by atoms with Crippen molar-refractivity contribution in [2.45, 2.75) is 58.0 Å². The highest BCUT2D eigenvalue weighted by Gasteiger charge is 2.84. The summed E-state index contributed by atoms with van der Waals surface area (Å²) in [7, 11) is 0. The smallest absolute Gasteiger partial charge is 0.303 e. The number of rotatable bonds is 1. The molecule has 8 atom stereocenters. The van der Waals surface area contributed by atoms with Crippen LogP contribution in [0, 0.1) is 34.0 Å². The van der Waals surface area contributed by atoms with Gasteiger partial charge in [-0.1, -0.05) is 26.5 Å². The SMILES string of the molecule is C=C1[C@@H]2CC[C@@H]3[C@]45CO[C@](O)([C@@H](O)[C@H]4C(C)(C)C=CC5=O)[C@@]3(C2)[C@@H]1OC(C)=O. The molecule has 0 aromatic rings. The van der Waals surface area contributed by atoms with E-state index in [1.807, 2.05) is 19.9 Å². The van der Waals surface area contributed by atoms with Crippen LogP contribution >= 0.6 is 0 Å². The van der Waals surface area contributed by atoms with E-state index in [1.165, 1.54) is 6.92 Å². The van der Waals surface area contributed by atoms with Gasteiger partial charge in [-0.2, -0.15) is 0 Å². The van der Waals surface area contributed by atoms with Gasteiger partial charge >= 0.3 is 5.97 Å². The molecule has 6 rings (SSSR count). The molecule has 2 saturated heterocycles. The van der Waals surface area contributed by atoms with Gasteiger partial charge in [0.2, 0.25) is 5.79 Å². The Morgan fingerprint density at radius 1 is 1.36 bits per heavy atom. The van der Waals surface area contributed by atoms with E-state index in [9.17, 15) is 19.8 Å². The van der Waals surface area contributed by atoms with Gasteiger partial charge in [0.05, 0.1) is 17.4 Å². The molecule has 0 aromatic carbocycles. The molecule has 28 heavy (non-hydrogen) atoms. The Labute approximate surface area is 164 Å². The average molecular weight is 388 g/mol. The monoisotopic (exact) mass is 388 g/mol. The zero-order valence-electron chi connectivity index (χ0n) is 16.6. The molecule has 152 valence electrons. The first-order valence-corrected chi connectivity index (χ1v) is 10.2. The Balaban J connectivity index is 1.78. The number of aliphatic hydroxyl groups is 2. The molecule has 2 spiro atoms. The molecule has 2 N–H and O–H groups in total. The van der Waals surface area contributed by atoms with E-state index in [0.717, 1.165) is 12.0 Å². The summed E-state index contributed by atoms with van der Waals surface area (Å²) in [6, 6.07) is 0. The number of hydrogen-bond acceptors (Lipinski definition) is 6. The Hall–Kier alpha value is -1.50. The summed E-state index contributed by atoms with van der Waals surface area (Å²) in [5, 5.41) is 23.3. The highest BCUT2D eigenvalue weighted by molar-refractivity contribution is 5.97. The summed E-state index contributed by atoms with van der Waals surface area (Å²) in [5.41, 5.74) is -1.70. The fraction of sp³-hybridized carbons (Fsp3) is 0.727. The van der Waals surface area contributed by atoms with Crippen molar-refractivity contribution in [3.05, 3.63) is 24.3 Å². The van der Waals surface area contributed by atoms with Gasteiger partial charge < -0.3 is 19.7 Å². The maximum atomic E-state index is 13.4. The van der Waals surface area contributed by atoms with Gasteiger partial charge in [-0.3, -0.25) is 9.59 Å². The number of ether oxygens (including phenoxy) is 2. The van der Waals surface area contributed by atoms with Gasteiger partial charge in [0.1, 0.15) is 12.2 Å². The van der Waals surface area contributed by atoms with Crippen LogP contribution in [-0.4, -0.2) is 46.6 Å². The summed E-state index contributed by atoms with van der Waals surface area (Å²) >= 11 is 0. The lowest BCUT2D eigenvalue weighted by molar-refractivity contribution is -0.441. The van der Waals surface area contributed by atoms with E-state index >= 15 is 0 Å². The second-order valence-electron chi connectivity index (χ2n) is 10.1. The van der Waals surface area contributed by atoms with Gasteiger partial charge in [-0.25, -0.2) is 0 Å². The Morgan fingerprint density at radius 2 is 2.07 bits per heavy atom. The Bertz CT molecular complexity index is 829. The predicted molar refractivity (Wildman–Crippen MR) is 98.7 cm³/mol. The molecule has 0 unspecified atom stereocenters. The zero-order chi connectivity index (χ0) is 20.3. The third kappa shape index (κ3) is 1.73. The lowest BCUT2D eigenvalue weighted by atomic mass is 9.37. The van der Waals surface area contributed by atoms with E-state index in [1.54, 1.807) is 6.08 Å². The summed E-state index contributed by atoms with van der Waals surface area (Å²) in [4.78, 5) is 25.3. The van der Waals surface area contributed by atoms with Gasteiger partial charge in [-0.15, -0.1) is 0 Å². The minimum atomic E-state index is -1.88. The first-order chi connectivity index (χ1) is 13.0. The maximum absolute atomic E-state index is 13.4. The van der Waals surface area contributed by atoms with Crippen molar-refractivity contribution in [3.8, 4) is 0 Å². The molecule has 6 nitrogen and oxygen atoms in total. The molecular formula is C22H28O6. The standard InChI is InChI=1S/C22H28O6/c1-11-13-5-6-14-20-10-27-22(26,21(14,9-13)18(11)28-12(2)23)17(25)16(20)19(3,4)8-7-15(20)24/h7-8,13-14,16-18,25-26H,1,5-6,9-10H2,2-4H3/t13-,14-,16+,17+,18-,20+,21-,22-/m1/s1. The topological polar surface area (TPSA) is 93.1 Å². The van der Waals surface area contributed by atoms with Crippen LogP contribution < -0.4 is 0 Å². The summed E-state index contributed by atoms with van der Waals surface area (Å²) in [6.45, 7) is 9.58. The molecule has 4 aliphatic carbocycles. The number of carbonyl (C=O) groups excluding carboxylic acids is 2. The van der Waals surface area contributed by atoms with Crippen LogP contribution in [0.4, 0.5) is 0 Å². The Kier molecular flexibility index (Phi) is 3.41. The van der Waals surface area contributed by atoms with Crippen molar-refractivity contribution < 1.29 is 29.3 Å². The van der Waals surface area contributed by atoms with Gasteiger partial charge in [0.15, 0.2) is 5.78 Å². The molecule has 3 saturated carbocycles. The molecular weight excluding hydrogens is 360 g/mol. The number of ketones is 1. The van der Waals surface area contributed by atoms with Crippen LogP contribution in [0.25, 0.3) is 0 Å². The van der Waals surface area contributed by atoms with Crippen LogP contribution in [0.15, 0.2) is 24.3 Å². The van der Waals surface area contributed by atoms with Crippen LogP contribution in [-0.2, 0) is 19.1 Å². The molecule has 2 heterocycles. The number of carbonyl (C=O) groups is 2. The van der Waals surface area contributed by atoms with Crippen LogP contribution in [0.1, 0.15) is 40.0 Å². The summed E-state index contributed by atoms with van der Waals surface area (Å²) < 4.78 is 11.7. The fourth-order valence-corrected chi connectivity index (χ4v) is 7.73. The number of hydrogen-bond donors (Lipinski definition) is 2. The lowest BCUT2D eigenvalue weighted by Gasteiger charge is -2.72. The third-order valence-corrected chi connectivity index (χ3v) is 8.64.